The number of thiophene rings is 1. The highest BCUT2D eigenvalue weighted by atomic mass is 32.1. The maximum atomic E-state index is 13.0. The van der Waals surface area contributed by atoms with E-state index < -0.39 is 0 Å². The molecule has 0 unspecified atom stereocenters. The van der Waals surface area contributed by atoms with Crippen LogP contribution in [-0.4, -0.2) is 24.4 Å². The fraction of sp³-hybridized carbons (Fsp3) is 0.100. The standard InChI is InChI=1S/C20H15N5OS/c1-13-18-17-9-16(15-7-8-27-11-15)23-25(17)12-21-19(18)20(26)24(22-13)10-14-5-3-2-4-6-14/h2-9,11-12H,10H2,1H3. The van der Waals surface area contributed by atoms with Gasteiger partial charge in [0, 0.05) is 10.9 Å². The van der Waals surface area contributed by atoms with Gasteiger partial charge in [-0.3, -0.25) is 4.79 Å². The molecule has 0 saturated carbocycles. The van der Waals surface area contributed by atoms with Crippen molar-refractivity contribution in [2.45, 2.75) is 13.5 Å². The Morgan fingerprint density at radius 2 is 1.96 bits per heavy atom. The molecule has 0 N–H and O–H groups in total. The minimum absolute atomic E-state index is 0.194. The average Bonchev–Trinajstić information content (AvgIpc) is 3.35. The number of benzene rings is 1. The number of nitrogens with zero attached hydrogens (tertiary/aromatic N) is 5. The molecule has 5 aromatic rings. The van der Waals surface area contributed by atoms with Crippen molar-refractivity contribution in [3.8, 4) is 11.3 Å². The van der Waals surface area contributed by atoms with Gasteiger partial charge in [-0.25, -0.2) is 14.2 Å². The Balaban J connectivity index is 1.71. The Bertz CT molecular complexity index is 1320. The monoisotopic (exact) mass is 373 g/mol. The first kappa shape index (κ1) is 15.9. The summed E-state index contributed by atoms with van der Waals surface area (Å²) >= 11 is 1.63. The van der Waals surface area contributed by atoms with Gasteiger partial charge in [-0.2, -0.15) is 21.5 Å². The quantitative estimate of drug-likeness (QED) is 0.485. The van der Waals surface area contributed by atoms with Crippen LogP contribution in [0.3, 0.4) is 0 Å². The third kappa shape index (κ3) is 2.63. The van der Waals surface area contributed by atoms with E-state index in [1.54, 1.807) is 22.2 Å². The molecule has 0 amide bonds. The van der Waals surface area contributed by atoms with E-state index in [4.69, 9.17) is 0 Å². The minimum Gasteiger partial charge on any atom is -0.265 e. The number of aryl methyl sites for hydroxylation is 1. The summed E-state index contributed by atoms with van der Waals surface area (Å²) in [5.41, 5.74) is 4.77. The van der Waals surface area contributed by atoms with E-state index in [-0.39, 0.29) is 5.56 Å². The van der Waals surface area contributed by atoms with Crippen molar-refractivity contribution in [1.82, 2.24) is 24.4 Å². The molecule has 1 aromatic carbocycles. The Labute approximate surface area is 158 Å². The Morgan fingerprint density at radius 3 is 2.74 bits per heavy atom. The van der Waals surface area contributed by atoms with E-state index in [0.717, 1.165) is 33.4 Å². The molecule has 0 atom stereocenters. The normalized spacial score (nSPS) is 11.4. The van der Waals surface area contributed by atoms with Crippen molar-refractivity contribution < 1.29 is 0 Å². The molecular weight excluding hydrogens is 358 g/mol. The van der Waals surface area contributed by atoms with Gasteiger partial charge in [0.1, 0.15) is 11.8 Å². The molecule has 6 nitrogen and oxygen atoms in total. The molecule has 0 aliphatic rings. The van der Waals surface area contributed by atoms with Crippen molar-refractivity contribution in [1.29, 1.82) is 0 Å². The average molecular weight is 373 g/mol. The topological polar surface area (TPSA) is 65.1 Å². The van der Waals surface area contributed by atoms with Crippen molar-refractivity contribution in [3.05, 3.63) is 81.2 Å². The summed E-state index contributed by atoms with van der Waals surface area (Å²) in [6.45, 7) is 2.32. The molecule has 0 radical (unpaired) electrons. The summed E-state index contributed by atoms with van der Waals surface area (Å²) in [5.74, 6) is 0. The number of rotatable bonds is 3. The van der Waals surface area contributed by atoms with Crippen LogP contribution in [0.15, 0.2) is 64.3 Å². The molecule has 0 fully saturated rings. The lowest BCUT2D eigenvalue weighted by molar-refractivity contribution is 0.636. The predicted molar refractivity (Wildman–Crippen MR) is 106 cm³/mol. The molecule has 0 aliphatic heterocycles. The maximum Gasteiger partial charge on any atom is 0.293 e. The molecule has 0 saturated heterocycles. The molecule has 132 valence electrons. The van der Waals surface area contributed by atoms with Crippen LogP contribution in [0.1, 0.15) is 11.3 Å². The fourth-order valence-electron chi connectivity index (χ4n) is 3.30. The van der Waals surface area contributed by atoms with E-state index in [9.17, 15) is 4.79 Å². The van der Waals surface area contributed by atoms with Gasteiger partial charge in [-0.1, -0.05) is 30.3 Å². The van der Waals surface area contributed by atoms with Crippen LogP contribution in [-0.2, 0) is 6.54 Å². The largest absolute Gasteiger partial charge is 0.293 e. The number of hydrogen-bond acceptors (Lipinski definition) is 5. The van der Waals surface area contributed by atoms with Gasteiger partial charge >= 0.3 is 0 Å². The summed E-state index contributed by atoms with van der Waals surface area (Å²) < 4.78 is 3.19. The van der Waals surface area contributed by atoms with Crippen molar-refractivity contribution in [2.75, 3.05) is 0 Å². The van der Waals surface area contributed by atoms with E-state index in [2.05, 4.69) is 20.6 Å². The molecule has 0 spiro atoms. The van der Waals surface area contributed by atoms with Crippen LogP contribution in [0.2, 0.25) is 0 Å². The Hall–Kier alpha value is -3.32. The molecule has 7 heteroatoms. The first-order chi connectivity index (χ1) is 13.2. The van der Waals surface area contributed by atoms with Gasteiger partial charge in [0.05, 0.1) is 28.8 Å². The second-order valence-corrected chi connectivity index (χ2v) is 7.15. The summed E-state index contributed by atoms with van der Waals surface area (Å²) in [6, 6.07) is 13.8. The maximum absolute atomic E-state index is 13.0. The Kier molecular flexibility index (Phi) is 3.61. The molecule has 5 rings (SSSR count). The van der Waals surface area contributed by atoms with E-state index in [1.165, 1.54) is 4.68 Å². The van der Waals surface area contributed by atoms with Gasteiger partial charge < -0.3 is 0 Å². The van der Waals surface area contributed by atoms with E-state index >= 15 is 0 Å². The van der Waals surface area contributed by atoms with Crippen LogP contribution >= 0.6 is 11.3 Å². The summed E-state index contributed by atoms with van der Waals surface area (Å²) in [7, 11) is 0. The molecular formula is C20H15N5OS. The molecule has 0 aliphatic carbocycles. The number of fused-ring (bicyclic) bond motifs is 3. The molecule has 27 heavy (non-hydrogen) atoms. The van der Waals surface area contributed by atoms with Gasteiger partial charge in [0.15, 0.2) is 0 Å². The van der Waals surface area contributed by atoms with Gasteiger partial charge in [0.25, 0.3) is 5.56 Å². The molecule has 4 aromatic heterocycles. The third-order valence-electron chi connectivity index (χ3n) is 4.59. The van der Waals surface area contributed by atoms with Crippen molar-refractivity contribution >= 4 is 27.8 Å². The first-order valence-corrected chi connectivity index (χ1v) is 9.47. The zero-order chi connectivity index (χ0) is 18.4. The van der Waals surface area contributed by atoms with Crippen molar-refractivity contribution in [3.63, 3.8) is 0 Å². The van der Waals surface area contributed by atoms with Crippen LogP contribution in [0.5, 0.6) is 0 Å². The highest BCUT2D eigenvalue weighted by molar-refractivity contribution is 7.08. The number of aromatic nitrogens is 5. The highest BCUT2D eigenvalue weighted by Gasteiger charge is 2.15. The summed E-state index contributed by atoms with van der Waals surface area (Å²) in [6.07, 6.45) is 1.60. The summed E-state index contributed by atoms with van der Waals surface area (Å²) in [4.78, 5) is 17.4. The highest BCUT2D eigenvalue weighted by Crippen LogP contribution is 2.25. The van der Waals surface area contributed by atoms with Gasteiger partial charge in [0.2, 0.25) is 0 Å². The lowest BCUT2D eigenvalue weighted by Gasteiger charge is -2.09. The van der Waals surface area contributed by atoms with Crippen LogP contribution in [0.25, 0.3) is 27.7 Å². The van der Waals surface area contributed by atoms with Crippen LogP contribution < -0.4 is 5.56 Å². The van der Waals surface area contributed by atoms with E-state index in [0.29, 0.717) is 12.1 Å². The smallest absolute Gasteiger partial charge is 0.265 e. The number of hydrogen-bond donors (Lipinski definition) is 0. The van der Waals surface area contributed by atoms with Crippen LogP contribution in [0.4, 0.5) is 0 Å². The first-order valence-electron chi connectivity index (χ1n) is 8.53. The zero-order valence-electron chi connectivity index (χ0n) is 14.5. The Morgan fingerprint density at radius 1 is 1.11 bits per heavy atom. The SMILES string of the molecule is Cc1nn(Cc2ccccc2)c(=O)c2ncn3nc(-c4ccsc4)cc3c12. The lowest BCUT2D eigenvalue weighted by atomic mass is 10.2. The lowest BCUT2D eigenvalue weighted by Crippen LogP contribution is -2.25. The molecule has 4 heterocycles. The van der Waals surface area contributed by atoms with Gasteiger partial charge in [-0.15, -0.1) is 0 Å². The zero-order valence-corrected chi connectivity index (χ0v) is 15.3. The fourth-order valence-corrected chi connectivity index (χ4v) is 3.95. The minimum atomic E-state index is -0.194. The van der Waals surface area contributed by atoms with Crippen LogP contribution in [0, 0.1) is 6.92 Å². The molecule has 0 bridgehead atoms. The second-order valence-electron chi connectivity index (χ2n) is 6.37. The summed E-state index contributed by atoms with van der Waals surface area (Å²) in [5, 5.41) is 14.0. The second kappa shape index (κ2) is 6.14. The van der Waals surface area contributed by atoms with E-state index in [1.807, 2.05) is 54.8 Å². The third-order valence-corrected chi connectivity index (χ3v) is 5.27. The van der Waals surface area contributed by atoms with Gasteiger partial charge in [-0.05, 0) is 30.0 Å². The predicted octanol–water partition coefficient (Wildman–Crippen LogP) is 3.52. The van der Waals surface area contributed by atoms with Crippen molar-refractivity contribution in [2.24, 2.45) is 0 Å².